The van der Waals surface area contributed by atoms with Crippen molar-refractivity contribution in [2.24, 2.45) is 5.92 Å². The third-order valence-electron chi connectivity index (χ3n) is 3.21. The molecule has 0 aromatic rings. The Morgan fingerprint density at radius 2 is 1.80 bits per heavy atom. The number of carbonyl (C=O) groups is 1. The molecule has 0 fully saturated rings. The summed E-state index contributed by atoms with van der Waals surface area (Å²) in [6, 6.07) is 0. The van der Waals surface area contributed by atoms with E-state index in [4.69, 9.17) is 0 Å². The zero-order chi connectivity index (χ0) is 11.7. The fourth-order valence-electron chi connectivity index (χ4n) is 2.01. The molecule has 1 aliphatic carbocycles. The summed E-state index contributed by atoms with van der Waals surface area (Å²) in [6.45, 7) is 10.2. The quantitative estimate of drug-likeness (QED) is 0.826. The van der Waals surface area contributed by atoms with Crippen LogP contribution in [0.15, 0.2) is 22.3 Å². The van der Waals surface area contributed by atoms with E-state index in [1.54, 1.807) is 6.92 Å². The van der Waals surface area contributed by atoms with Crippen LogP contribution in [0.1, 0.15) is 34.6 Å². The maximum absolute atomic E-state index is 11.0. The third kappa shape index (κ3) is 2.45. The van der Waals surface area contributed by atoms with Crippen LogP contribution in [-0.2, 0) is 29.0 Å². The molecule has 1 amide bonds. The number of allylic oxidation sites excluding steroid dienone is 3. The van der Waals surface area contributed by atoms with Gasteiger partial charge in [0.05, 0.1) is 0 Å². The Labute approximate surface area is 106 Å². The molecule has 0 heterocycles. The van der Waals surface area contributed by atoms with Gasteiger partial charge < -0.3 is 0 Å². The van der Waals surface area contributed by atoms with Crippen LogP contribution in [0.3, 0.4) is 0 Å². The van der Waals surface area contributed by atoms with Crippen LogP contribution in [-0.4, -0.2) is 9.24 Å². The maximum atomic E-state index is 11.0. The first-order valence-electron chi connectivity index (χ1n) is 5.11. The van der Waals surface area contributed by atoms with Crippen molar-refractivity contribution in [1.29, 1.82) is 0 Å². The van der Waals surface area contributed by atoms with Gasteiger partial charge in [-0.25, -0.2) is 0 Å². The first-order valence-corrected chi connectivity index (χ1v) is 6.34. The normalized spacial score (nSPS) is 21.1. The molecular formula is C12H17NOZr+2. The van der Waals surface area contributed by atoms with Gasteiger partial charge in [-0.3, -0.25) is 0 Å². The molecule has 1 atom stereocenters. The van der Waals surface area contributed by atoms with Crippen molar-refractivity contribution in [3.8, 4) is 0 Å². The minimum atomic E-state index is 0.0245. The Kier molecular flexibility index (Phi) is 4.00. The van der Waals surface area contributed by atoms with E-state index >= 15 is 0 Å². The molecule has 2 nitrogen and oxygen atoms in total. The molecular weight excluding hydrogens is 265 g/mol. The van der Waals surface area contributed by atoms with Crippen molar-refractivity contribution < 1.29 is 29.0 Å². The van der Waals surface area contributed by atoms with Crippen LogP contribution in [0.4, 0.5) is 0 Å². The van der Waals surface area contributed by atoms with E-state index in [2.05, 4.69) is 33.0 Å². The molecule has 1 unspecified atom stereocenters. The zero-order valence-corrected chi connectivity index (χ0v) is 12.4. The van der Waals surface area contributed by atoms with Crippen molar-refractivity contribution in [3.05, 3.63) is 22.3 Å². The molecule has 0 aromatic heterocycles. The van der Waals surface area contributed by atoms with Crippen LogP contribution in [0.25, 0.3) is 0 Å². The second kappa shape index (κ2) is 4.69. The van der Waals surface area contributed by atoms with Crippen molar-refractivity contribution in [1.82, 2.24) is 5.32 Å². The predicted molar refractivity (Wildman–Crippen MR) is 59.1 cm³/mol. The van der Waals surface area contributed by atoms with Gasteiger partial charge in [0.2, 0.25) is 0 Å². The summed E-state index contributed by atoms with van der Waals surface area (Å²) < 4.78 is 1.08. The van der Waals surface area contributed by atoms with Gasteiger partial charge in [0, 0.05) is 0 Å². The van der Waals surface area contributed by atoms with E-state index in [0.717, 1.165) is 3.33 Å². The van der Waals surface area contributed by atoms with Crippen molar-refractivity contribution >= 4 is 9.24 Å². The van der Waals surface area contributed by atoms with Crippen molar-refractivity contribution in [3.63, 3.8) is 0 Å². The number of carbonyl (C=O) groups excluding carboxylic acids is 1. The van der Waals surface area contributed by atoms with Gasteiger partial charge >= 0.3 is 106 Å². The van der Waals surface area contributed by atoms with E-state index in [1.807, 2.05) is 0 Å². The van der Waals surface area contributed by atoms with Gasteiger partial charge in [0.25, 0.3) is 0 Å². The Morgan fingerprint density at radius 3 is 2.13 bits per heavy atom. The summed E-state index contributed by atoms with van der Waals surface area (Å²) in [5.74, 6) is 0.475. The molecule has 0 spiro atoms. The predicted octanol–water partition coefficient (Wildman–Crippen LogP) is 2.10. The van der Waals surface area contributed by atoms with Gasteiger partial charge in [0.1, 0.15) is 0 Å². The second-order valence-electron chi connectivity index (χ2n) is 4.12. The molecule has 0 radical (unpaired) electrons. The molecule has 15 heavy (non-hydrogen) atoms. The standard InChI is InChI=1S/C12H17NO.Zr/c1-7-8(2)10(4)12(9(7)3)6-13-11(5)14;/h9H,1-5H3,(H,13,14);/q;+2. The molecule has 0 aliphatic heterocycles. The van der Waals surface area contributed by atoms with Gasteiger partial charge in [-0.15, -0.1) is 0 Å². The molecule has 3 heteroatoms. The molecule has 1 aliphatic rings. The zero-order valence-electron chi connectivity index (χ0n) is 9.99. The Morgan fingerprint density at radius 1 is 1.27 bits per heavy atom. The molecule has 0 bridgehead atoms. The average molecular weight is 282 g/mol. The number of rotatable bonds is 2. The van der Waals surface area contributed by atoms with Gasteiger partial charge in [-0.05, 0) is 0 Å². The average Bonchev–Trinajstić information content (AvgIpc) is 2.30. The molecule has 1 N–H and O–H groups in total. The van der Waals surface area contributed by atoms with Crippen LogP contribution >= 0.6 is 0 Å². The second-order valence-corrected chi connectivity index (χ2v) is 5.35. The van der Waals surface area contributed by atoms with Crippen molar-refractivity contribution in [2.75, 3.05) is 0 Å². The van der Waals surface area contributed by atoms with Gasteiger partial charge in [-0.1, -0.05) is 0 Å². The molecule has 1 rings (SSSR count). The summed E-state index contributed by atoms with van der Waals surface area (Å²) >= 11 is 1.27. The number of nitrogens with one attached hydrogen (secondary N) is 1. The van der Waals surface area contributed by atoms with E-state index in [-0.39, 0.29) is 5.91 Å². The molecule has 0 saturated carbocycles. The minimum absolute atomic E-state index is 0.0245. The Balaban J connectivity index is 3.00. The fraction of sp³-hybridized carbons (Fsp3) is 0.500. The third-order valence-corrected chi connectivity index (χ3v) is 4.18. The fourth-order valence-corrected chi connectivity index (χ4v) is 3.44. The Bertz CT molecular complexity index is 390. The SMILES string of the molecule is CC(=O)N[C](=[Zr+2])C1=C(C)C(C)=C(C)C1C. The number of amides is 1. The first-order chi connectivity index (χ1) is 6.86. The van der Waals surface area contributed by atoms with E-state index in [1.165, 1.54) is 46.5 Å². The van der Waals surface area contributed by atoms with Crippen LogP contribution < -0.4 is 5.32 Å². The first kappa shape index (κ1) is 12.8. The van der Waals surface area contributed by atoms with Crippen LogP contribution in [0, 0.1) is 5.92 Å². The summed E-state index contributed by atoms with van der Waals surface area (Å²) in [6.07, 6.45) is 0. The van der Waals surface area contributed by atoms with E-state index in [0.29, 0.717) is 5.92 Å². The molecule has 78 valence electrons. The van der Waals surface area contributed by atoms with E-state index in [9.17, 15) is 4.79 Å². The monoisotopic (exact) mass is 281 g/mol. The summed E-state index contributed by atoms with van der Waals surface area (Å²) in [4.78, 5) is 11.0. The molecule has 0 aromatic carbocycles. The van der Waals surface area contributed by atoms with Gasteiger partial charge in [-0.2, -0.15) is 0 Å². The van der Waals surface area contributed by atoms with Crippen LogP contribution in [0.2, 0.25) is 0 Å². The number of hydrogen-bond donors (Lipinski definition) is 1. The van der Waals surface area contributed by atoms with Crippen LogP contribution in [0.5, 0.6) is 0 Å². The summed E-state index contributed by atoms with van der Waals surface area (Å²) in [5, 5.41) is 2.92. The summed E-state index contributed by atoms with van der Waals surface area (Å²) in [5.41, 5.74) is 5.45. The van der Waals surface area contributed by atoms with Gasteiger partial charge in [0.15, 0.2) is 0 Å². The molecule has 0 saturated heterocycles. The summed E-state index contributed by atoms with van der Waals surface area (Å²) in [7, 11) is 0. The Hall–Kier alpha value is -0.297. The van der Waals surface area contributed by atoms with Crippen molar-refractivity contribution in [2.45, 2.75) is 34.6 Å². The topological polar surface area (TPSA) is 29.1 Å². The number of hydrogen-bond acceptors (Lipinski definition) is 1. The van der Waals surface area contributed by atoms with E-state index < -0.39 is 0 Å².